The molecule has 4 rings (SSSR count). The molecule has 0 atom stereocenters. The van der Waals surface area contributed by atoms with Gasteiger partial charge in [-0.15, -0.1) is 10.2 Å². The summed E-state index contributed by atoms with van der Waals surface area (Å²) in [5.74, 6) is 0.695. The first-order chi connectivity index (χ1) is 13.5. The number of halogens is 3. The van der Waals surface area contributed by atoms with Crippen LogP contribution in [0.15, 0.2) is 53.5 Å². The molecule has 7 nitrogen and oxygen atoms in total. The fourth-order valence-electron chi connectivity index (χ4n) is 2.67. The van der Waals surface area contributed by atoms with Gasteiger partial charge < -0.3 is 10.1 Å². The Balaban J connectivity index is 1.68. The molecular formula is C18H12F3N5O2. The van der Waals surface area contributed by atoms with Crippen LogP contribution in [0, 0.1) is 0 Å². The molecular weight excluding hydrogens is 375 g/mol. The van der Waals surface area contributed by atoms with Crippen LogP contribution in [0.3, 0.4) is 0 Å². The van der Waals surface area contributed by atoms with Crippen molar-refractivity contribution in [2.75, 3.05) is 6.54 Å². The number of hydrogen-bond donors (Lipinski definition) is 1. The van der Waals surface area contributed by atoms with E-state index in [1.54, 1.807) is 24.5 Å². The quantitative estimate of drug-likeness (QED) is 0.697. The van der Waals surface area contributed by atoms with E-state index in [-0.39, 0.29) is 11.6 Å². The van der Waals surface area contributed by atoms with Gasteiger partial charge in [-0.25, -0.2) is 0 Å². The number of pyridine rings is 1. The number of aldehydes is 1. The summed E-state index contributed by atoms with van der Waals surface area (Å²) in [4.78, 5) is 15.3. The van der Waals surface area contributed by atoms with Gasteiger partial charge >= 0.3 is 6.18 Å². The van der Waals surface area contributed by atoms with Crippen molar-refractivity contribution in [1.29, 1.82) is 0 Å². The summed E-state index contributed by atoms with van der Waals surface area (Å²) >= 11 is 0. The minimum Gasteiger partial charge on any atom is -0.439 e. The Morgan fingerprint density at radius 2 is 1.93 bits per heavy atom. The van der Waals surface area contributed by atoms with Gasteiger partial charge in [0.1, 0.15) is 11.4 Å². The fraction of sp³-hybridized carbons (Fsp3) is 0.111. The molecule has 2 aromatic heterocycles. The van der Waals surface area contributed by atoms with Crippen molar-refractivity contribution < 1.29 is 22.7 Å². The summed E-state index contributed by atoms with van der Waals surface area (Å²) in [6.45, 7) is 0.405. The van der Waals surface area contributed by atoms with Crippen molar-refractivity contribution in [2.45, 2.75) is 6.18 Å². The second-order valence-corrected chi connectivity index (χ2v) is 5.81. The summed E-state index contributed by atoms with van der Waals surface area (Å²) in [6, 6.07) is 7.77. The first-order valence-electron chi connectivity index (χ1n) is 8.12. The molecule has 10 heteroatoms. The molecule has 0 unspecified atom stereocenters. The average molecular weight is 387 g/mol. The average Bonchev–Trinajstić information content (AvgIpc) is 3.10. The second kappa shape index (κ2) is 6.80. The molecule has 3 heterocycles. The molecule has 0 fully saturated rings. The van der Waals surface area contributed by atoms with Crippen molar-refractivity contribution in [3.8, 4) is 5.75 Å². The number of hydrogen-bond acceptors (Lipinski definition) is 6. The number of benzene rings is 1. The molecule has 0 radical (unpaired) electrons. The Kier molecular flexibility index (Phi) is 4.30. The summed E-state index contributed by atoms with van der Waals surface area (Å²) in [6.07, 6.45) is -0.552. The van der Waals surface area contributed by atoms with Crippen molar-refractivity contribution in [2.24, 2.45) is 4.99 Å². The maximum atomic E-state index is 12.7. The molecule has 142 valence electrons. The monoisotopic (exact) mass is 387 g/mol. The minimum absolute atomic E-state index is 0.169. The molecule has 1 N–H and O–H groups in total. The SMILES string of the molecule is O=Cc1nnc2cc(C3=C(Oc4ccc(C(F)(F)F)cc4)NCC=N3)ccn12. The molecule has 1 aliphatic rings. The lowest BCUT2D eigenvalue weighted by Crippen LogP contribution is -2.24. The molecule has 0 amide bonds. The topological polar surface area (TPSA) is 80.9 Å². The van der Waals surface area contributed by atoms with E-state index >= 15 is 0 Å². The van der Waals surface area contributed by atoms with E-state index < -0.39 is 11.7 Å². The van der Waals surface area contributed by atoms with Crippen LogP contribution < -0.4 is 10.1 Å². The van der Waals surface area contributed by atoms with Gasteiger partial charge in [-0.3, -0.25) is 14.2 Å². The maximum absolute atomic E-state index is 12.7. The fourth-order valence-corrected chi connectivity index (χ4v) is 2.67. The van der Waals surface area contributed by atoms with E-state index in [2.05, 4.69) is 20.5 Å². The first-order valence-corrected chi connectivity index (χ1v) is 8.12. The number of fused-ring (bicyclic) bond motifs is 1. The third-order valence-electron chi connectivity index (χ3n) is 4.01. The number of nitrogens with one attached hydrogen (secondary N) is 1. The van der Waals surface area contributed by atoms with Crippen LogP contribution in [0.4, 0.5) is 13.2 Å². The van der Waals surface area contributed by atoms with Crippen LogP contribution in [0.2, 0.25) is 0 Å². The number of rotatable bonds is 4. The molecule has 1 aromatic carbocycles. The number of carbonyl (C=O) groups is 1. The van der Waals surface area contributed by atoms with E-state index in [1.165, 1.54) is 16.5 Å². The van der Waals surface area contributed by atoms with E-state index in [9.17, 15) is 18.0 Å². The lowest BCUT2D eigenvalue weighted by Gasteiger charge is -2.18. The van der Waals surface area contributed by atoms with E-state index in [0.29, 0.717) is 35.6 Å². The molecule has 0 saturated heterocycles. The zero-order chi connectivity index (χ0) is 19.7. The number of aliphatic imine (C=N–C) groups is 1. The van der Waals surface area contributed by atoms with Crippen LogP contribution in [0.5, 0.6) is 5.75 Å². The summed E-state index contributed by atoms with van der Waals surface area (Å²) < 4.78 is 45.3. The Labute approximate surface area is 156 Å². The van der Waals surface area contributed by atoms with Crippen LogP contribution in [-0.4, -0.2) is 33.6 Å². The molecule has 0 spiro atoms. The second-order valence-electron chi connectivity index (χ2n) is 5.81. The summed E-state index contributed by atoms with van der Waals surface area (Å²) in [5, 5.41) is 10.7. The molecule has 1 aliphatic heterocycles. The first kappa shape index (κ1) is 17.7. The van der Waals surface area contributed by atoms with Gasteiger partial charge in [-0.2, -0.15) is 13.2 Å². The van der Waals surface area contributed by atoms with E-state index in [0.717, 1.165) is 12.1 Å². The molecule has 0 aliphatic carbocycles. The van der Waals surface area contributed by atoms with Gasteiger partial charge in [0, 0.05) is 18.0 Å². The standard InChI is InChI=1S/C18H12F3N5O2/c19-18(20,21)12-1-3-13(4-2-12)28-17-16(22-6-7-23-17)11-5-8-26-14(9-11)24-25-15(26)10-27/h1-6,8-10,23H,7H2. The Morgan fingerprint density at radius 3 is 2.64 bits per heavy atom. The maximum Gasteiger partial charge on any atom is 0.416 e. The van der Waals surface area contributed by atoms with Crippen LogP contribution in [0.1, 0.15) is 21.7 Å². The number of alkyl halides is 3. The highest BCUT2D eigenvalue weighted by atomic mass is 19.4. The summed E-state index contributed by atoms with van der Waals surface area (Å²) in [7, 11) is 0. The van der Waals surface area contributed by atoms with Crippen molar-refractivity contribution >= 4 is 23.8 Å². The molecule has 3 aromatic rings. The van der Waals surface area contributed by atoms with E-state index in [1.807, 2.05) is 0 Å². The number of aromatic nitrogens is 3. The van der Waals surface area contributed by atoms with Gasteiger partial charge in [0.2, 0.25) is 11.7 Å². The zero-order valence-corrected chi connectivity index (χ0v) is 14.1. The smallest absolute Gasteiger partial charge is 0.416 e. The van der Waals surface area contributed by atoms with Crippen molar-refractivity contribution in [1.82, 2.24) is 19.9 Å². The number of carbonyl (C=O) groups excluding carboxylic acids is 1. The van der Waals surface area contributed by atoms with Gasteiger partial charge in [-0.1, -0.05) is 0 Å². The normalized spacial score (nSPS) is 14.2. The zero-order valence-electron chi connectivity index (χ0n) is 14.1. The van der Waals surface area contributed by atoms with Gasteiger partial charge in [0.05, 0.1) is 12.1 Å². The number of nitrogens with zero attached hydrogens (tertiary/aromatic N) is 4. The third kappa shape index (κ3) is 3.31. The number of ether oxygens (including phenoxy) is 1. The van der Waals surface area contributed by atoms with Crippen molar-refractivity contribution in [3.05, 3.63) is 65.4 Å². The molecule has 0 bridgehead atoms. The van der Waals surface area contributed by atoms with Crippen molar-refractivity contribution in [3.63, 3.8) is 0 Å². The highest BCUT2D eigenvalue weighted by molar-refractivity contribution is 5.80. The van der Waals surface area contributed by atoms with E-state index in [4.69, 9.17) is 4.74 Å². The lowest BCUT2D eigenvalue weighted by atomic mass is 10.2. The summed E-state index contributed by atoms with van der Waals surface area (Å²) in [5.41, 5.74) is 0.778. The van der Waals surface area contributed by atoms with Crippen LogP contribution in [0.25, 0.3) is 11.3 Å². The minimum atomic E-state index is -4.41. The predicted octanol–water partition coefficient (Wildman–Crippen LogP) is 2.94. The highest BCUT2D eigenvalue weighted by Crippen LogP contribution is 2.31. The predicted molar refractivity (Wildman–Crippen MR) is 93.9 cm³/mol. The third-order valence-corrected chi connectivity index (χ3v) is 4.01. The van der Waals surface area contributed by atoms with Gasteiger partial charge in [0.15, 0.2) is 11.9 Å². The Morgan fingerprint density at radius 1 is 1.14 bits per heavy atom. The molecule has 0 saturated carbocycles. The highest BCUT2D eigenvalue weighted by Gasteiger charge is 2.30. The lowest BCUT2D eigenvalue weighted by molar-refractivity contribution is -0.137. The largest absolute Gasteiger partial charge is 0.439 e. The van der Waals surface area contributed by atoms with Gasteiger partial charge in [-0.05, 0) is 36.4 Å². The Bertz CT molecular complexity index is 1100. The Hall–Kier alpha value is -3.69. The van der Waals surface area contributed by atoms with Crippen LogP contribution in [-0.2, 0) is 6.18 Å². The molecule has 28 heavy (non-hydrogen) atoms. The van der Waals surface area contributed by atoms with Crippen LogP contribution >= 0.6 is 0 Å². The van der Waals surface area contributed by atoms with Gasteiger partial charge in [0.25, 0.3) is 0 Å².